The van der Waals surface area contributed by atoms with Crippen LogP contribution in [0.2, 0.25) is 0 Å². The fourth-order valence-corrected chi connectivity index (χ4v) is 2.93. The molecule has 1 aromatic heterocycles. The van der Waals surface area contributed by atoms with Crippen molar-refractivity contribution in [3.8, 4) is 11.4 Å². The molecule has 0 aliphatic carbocycles. The second-order valence-corrected chi connectivity index (χ2v) is 7.54. The third-order valence-corrected chi connectivity index (χ3v) is 4.23. The van der Waals surface area contributed by atoms with E-state index in [9.17, 15) is 4.79 Å². The lowest BCUT2D eigenvalue weighted by atomic mass is 10.0. The maximum atomic E-state index is 12.1. The van der Waals surface area contributed by atoms with E-state index in [0.717, 1.165) is 29.9 Å². The van der Waals surface area contributed by atoms with Gasteiger partial charge in [-0.05, 0) is 63.9 Å². The Morgan fingerprint density at radius 1 is 1.12 bits per heavy atom. The minimum Gasteiger partial charge on any atom is -0.444 e. The van der Waals surface area contributed by atoms with Crippen LogP contribution in [0.3, 0.4) is 0 Å². The van der Waals surface area contributed by atoms with Crippen LogP contribution in [0.5, 0.6) is 0 Å². The summed E-state index contributed by atoms with van der Waals surface area (Å²) in [6.45, 7) is 7.10. The molecule has 6 nitrogen and oxygen atoms in total. The minimum absolute atomic E-state index is 0.219. The molecule has 138 valence electrons. The largest absolute Gasteiger partial charge is 0.444 e. The number of benzene rings is 1. The second-order valence-electron chi connectivity index (χ2n) is 7.54. The number of likely N-dealkylation sites (tertiary alicyclic amines) is 1. The number of amides is 1. The molecule has 0 spiro atoms. The highest BCUT2D eigenvalue weighted by molar-refractivity contribution is 5.68. The number of nitrogens with zero attached hydrogens (tertiary/aromatic N) is 3. The zero-order valence-corrected chi connectivity index (χ0v) is 15.6. The number of carbonyl (C=O) groups is 1. The van der Waals surface area contributed by atoms with E-state index in [2.05, 4.69) is 15.3 Å². The van der Waals surface area contributed by atoms with Crippen LogP contribution >= 0.6 is 0 Å². The number of ether oxygens (including phenoxy) is 1. The molecule has 1 aliphatic rings. The predicted molar refractivity (Wildman–Crippen MR) is 102 cm³/mol. The first kappa shape index (κ1) is 18.2. The number of carbonyl (C=O) groups excluding carboxylic acids is 1. The molecule has 0 bridgehead atoms. The average Bonchev–Trinajstić information content (AvgIpc) is 2.62. The summed E-state index contributed by atoms with van der Waals surface area (Å²) >= 11 is 0. The van der Waals surface area contributed by atoms with E-state index in [1.165, 1.54) is 0 Å². The Kier molecular flexibility index (Phi) is 5.40. The third-order valence-electron chi connectivity index (χ3n) is 4.23. The topological polar surface area (TPSA) is 67.3 Å². The van der Waals surface area contributed by atoms with Crippen LogP contribution in [-0.4, -0.2) is 45.7 Å². The molecule has 1 saturated heterocycles. The monoisotopic (exact) mass is 354 g/mol. The second kappa shape index (κ2) is 7.72. The van der Waals surface area contributed by atoms with Gasteiger partial charge in [0.2, 0.25) is 0 Å². The lowest BCUT2D eigenvalue weighted by molar-refractivity contribution is 0.0210. The van der Waals surface area contributed by atoms with Crippen LogP contribution in [0.15, 0.2) is 42.7 Å². The van der Waals surface area contributed by atoms with Crippen molar-refractivity contribution in [1.82, 2.24) is 14.9 Å². The summed E-state index contributed by atoms with van der Waals surface area (Å²) in [6, 6.07) is 10.3. The SMILES string of the molecule is CC(C)(C)OC(=O)N1CCC(Nc2ccc(-c3ncccn3)cc2)CC1. The molecule has 26 heavy (non-hydrogen) atoms. The van der Waals surface area contributed by atoms with E-state index >= 15 is 0 Å². The Labute approximate surface area is 154 Å². The molecule has 1 aliphatic heterocycles. The summed E-state index contributed by atoms with van der Waals surface area (Å²) in [5, 5.41) is 3.55. The maximum Gasteiger partial charge on any atom is 0.410 e. The fourth-order valence-electron chi connectivity index (χ4n) is 2.93. The third kappa shape index (κ3) is 4.94. The molecular weight excluding hydrogens is 328 g/mol. The normalized spacial score (nSPS) is 15.6. The molecule has 6 heteroatoms. The highest BCUT2D eigenvalue weighted by Crippen LogP contribution is 2.21. The molecule has 2 heterocycles. The van der Waals surface area contributed by atoms with Gasteiger partial charge < -0.3 is 15.0 Å². The Morgan fingerprint density at radius 3 is 2.31 bits per heavy atom. The quantitative estimate of drug-likeness (QED) is 0.904. The lowest BCUT2D eigenvalue weighted by Crippen LogP contribution is -2.44. The number of piperidine rings is 1. The van der Waals surface area contributed by atoms with Crippen molar-refractivity contribution in [1.29, 1.82) is 0 Å². The predicted octanol–water partition coefficient (Wildman–Crippen LogP) is 3.96. The number of rotatable bonds is 3. The smallest absolute Gasteiger partial charge is 0.410 e. The van der Waals surface area contributed by atoms with Gasteiger partial charge in [-0.25, -0.2) is 14.8 Å². The van der Waals surface area contributed by atoms with Gasteiger partial charge in [0.05, 0.1) is 0 Å². The number of hydrogen-bond donors (Lipinski definition) is 1. The van der Waals surface area contributed by atoms with Gasteiger partial charge in [-0.3, -0.25) is 0 Å². The molecule has 2 aromatic rings. The van der Waals surface area contributed by atoms with Gasteiger partial charge in [-0.2, -0.15) is 0 Å². The van der Waals surface area contributed by atoms with Gasteiger partial charge in [0.25, 0.3) is 0 Å². The molecule has 0 unspecified atom stereocenters. The summed E-state index contributed by atoms with van der Waals surface area (Å²) < 4.78 is 5.44. The summed E-state index contributed by atoms with van der Waals surface area (Å²) in [5.74, 6) is 0.727. The van der Waals surface area contributed by atoms with Gasteiger partial charge >= 0.3 is 6.09 Å². The Morgan fingerprint density at radius 2 is 1.73 bits per heavy atom. The van der Waals surface area contributed by atoms with Crippen LogP contribution < -0.4 is 5.32 Å². The van der Waals surface area contributed by atoms with Crippen LogP contribution in [-0.2, 0) is 4.74 Å². The van der Waals surface area contributed by atoms with Crippen LogP contribution in [0, 0.1) is 0 Å². The first-order valence-corrected chi connectivity index (χ1v) is 9.03. The van der Waals surface area contributed by atoms with Crippen molar-refractivity contribution in [2.45, 2.75) is 45.3 Å². The van der Waals surface area contributed by atoms with Gasteiger partial charge in [0, 0.05) is 42.8 Å². The molecule has 1 fully saturated rings. The summed E-state index contributed by atoms with van der Waals surface area (Å²) in [7, 11) is 0. The fraction of sp³-hybridized carbons (Fsp3) is 0.450. The van der Waals surface area contributed by atoms with Crippen molar-refractivity contribution < 1.29 is 9.53 Å². The van der Waals surface area contributed by atoms with E-state index in [1.54, 1.807) is 17.3 Å². The standard InChI is InChI=1S/C20H26N4O2/c1-20(2,3)26-19(25)24-13-9-17(10-14-24)23-16-7-5-15(6-8-16)18-21-11-4-12-22-18/h4-8,11-12,17,23H,9-10,13-14H2,1-3H3. The molecule has 1 N–H and O–H groups in total. The summed E-state index contributed by atoms with van der Waals surface area (Å²) in [5.41, 5.74) is 1.62. The van der Waals surface area contributed by atoms with Gasteiger partial charge in [0.1, 0.15) is 5.60 Å². The molecule has 1 amide bonds. The zero-order valence-electron chi connectivity index (χ0n) is 15.6. The van der Waals surface area contributed by atoms with Crippen molar-refractivity contribution in [3.63, 3.8) is 0 Å². The summed E-state index contributed by atoms with van der Waals surface area (Å²) in [4.78, 5) is 22.4. The first-order valence-electron chi connectivity index (χ1n) is 9.03. The Hall–Kier alpha value is -2.63. The molecule has 3 rings (SSSR count). The van der Waals surface area contributed by atoms with E-state index in [-0.39, 0.29) is 6.09 Å². The van der Waals surface area contributed by atoms with Crippen LogP contribution in [0.4, 0.5) is 10.5 Å². The minimum atomic E-state index is -0.448. The van der Waals surface area contributed by atoms with Crippen molar-refractivity contribution in [2.75, 3.05) is 18.4 Å². The number of aromatic nitrogens is 2. The highest BCUT2D eigenvalue weighted by atomic mass is 16.6. The number of anilines is 1. The Bertz CT molecular complexity index is 718. The number of hydrogen-bond acceptors (Lipinski definition) is 5. The molecule has 0 radical (unpaired) electrons. The highest BCUT2D eigenvalue weighted by Gasteiger charge is 2.26. The molecule has 1 aromatic carbocycles. The van der Waals surface area contributed by atoms with Crippen molar-refractivity contribution in [2.24, 2.45) is 0 Å². The first-order chi connectivity index (χ1) is 12.4. The molecule has 0 saturated carbocycles. The molecular formula is C20H26N4O2. The van der Waals surface area contributed by atoms with Crippen molar-refractivity contribution in [3.05, 3.63) is 42.7 Å². The lowest BCUT2D eigenvalue weighted by Gasteiger charge is -2.34. The average molecular weight is 354 g/mol. The maximum absolute atomic E-state index is 12.1. The van der Waals surface area contributed by atoms with Crippen LogP contribution in [0.1, 0.15) is 33.6 Å². The van der Waals surface area contributed by atoms with Gasteiger partial charge in [-0.1, -0.05) is 0 Å². The summed E-state index contributed by atoms with van der Waals surface area (Å²) in [6.07, 6.45) is 5.08. The zero-order chi connectivity index (χ0) is 18.6. The van der Waals surface area contributed by atoms with E-state index in [4.69, 9.17) is 4.74 Å². The van der Waals surface area contributed by atoms with E-state index in [1.807, 2.05) is 51.1 Å². The molecule has 0 atom stereocenters. The van der Waals surface area contributed by atoms with Crippen molar-refractivity contribution >= 4 is 11.8 Å². The van der Waals surface area contributed by atoms with Gasteiger partial charge in [-0.15, -0.1) is 0 Å². The Balaban J connectivity index is 1.51. The number of nitrogens with one attached hydrogen (secondary N) is 1. The van der Waals surface area contributed by atoms with E-state index < -0.39 is 5.60 Å². The van der Waals surface area contributed by atoms with E-state index in [0.29, 0.717) is 19.1 Å². The van der Waals surface area contributed by atoms with Crippen LogP contribution in [0.25, 0.3) is 11.4 Å². The van der Waals surface area contributed by atoms with Gasteiger partial charge in [0.15, 0.2) is 5.82 Å².